The Labute approximate surface area is 194 Å². The maximum absolute atomic E-state index is 5.99. The van der Waals surface area contributed by atoms with E-state index in [0.29, 0.717) is 17.1 Å². The van der Waals surface area contributed by atoms with Crippen LogP contribution in [0.15, 0.2) is 84.9 Å². The van der Waals surface area contributed by atoms with Crippen LogP contribution in [-0.2, 0) is 5.41 Å². The molecule has 0 aromatic heterocycles. The van der Waals surface area contributed by atoms with Crippen molar-refractivity contribution in [1.29, 1.82) is 0 Å². The zero-order chi connectivity index (χ0) is 23.6. The molecule has 4 rings (SSSR count). The minimum atomic E-state index is -0.194. The summed E-state index contributed by atoms with van der Waals surface area (Å²) in [7, 11) is 0. The van der Waals surface area contributed by atoms with E-state index in [0.717, 1.165) is 28.5 Å². The van der Waals surface area contributed by atoms with E-state index in [2.05, 4.69) is 38.1 Å². The lowest BCUT2D eigenvalue weighted by Crippen LogP contribution is -2.18. The van der Waals surface area contributed by atoms with Crippen LogP contribution < -0.4 is 26.7 Å². The Kier molecular flexibility index (Phi) is 5.88. The van der Waals surface area contributed by atoms with E-state index in [1.807, 2.05) is 49.4 Å². The summed E-state index contributed by atoms with van der Waals surface area (Å²) in [4.78, 5) is 0. The molecule has 0 aliphatic heterocycles. The van der Waals surface area contributed by atoms with Crippen LogP contribution in [0.1, 0.15) is 30.5 Å². The number of nitrogens with two attached hydrogens (primary N) is 3. The molecular formula is C28H29N3O2. The van der Waals surface area contributed by atoms with Gasteiger partial charge < -0.3 is 26.7 Å². The monoisotopic (exact) mass is 439 g/mol. The largest absolute Gasteiger partial charge is 0.457 e. The highest BCUT2D eigenvalue weighted by Crippen LogP contribution is 2.35. The average molecular weight is 440 g/mol. The highest BCUT2D eigenvalue weighted by Gasteiger charge is 2.23. The fourth-order valence-electron chi connectivity index (χ4n) is 3.65. The van der Waals surface area contributed by atoms with Gasteiger partial charge in [-0.15, -0.1) is 0 Å². The molecule has 5 nitrogen and oxygen atoms in total. The smallest absolute Gasteiger partial charge is 0.129 e. The molecule has 0 radical (unpaired) electrons. The quantitative estimate of drug-likeness (QED) is 0.292. The summed E-state index contributed by atoms with van der Waals surface area (Å²) in [6.07, 6.45) is 0. The van der Waals surface area contributed by atoms with Gasteiger partial charge in [0.25, 0.3) is 0 Å². The van der Waals surface area contributed by atoms with E-state index in [9.17, 15) is 0 Å². The molecule has 0 atom stereocenters. The third-order valence-electron chi connectivity index (χ3n) is 5.92. The summed E-state index contributed by atoms with van der Waals surface area (Å²) in [6.45, 7) is 6.36. The first kappa shape index (κ1) is 22.1. The fraction of sp³-hybridized carbons (Fsp3) is 0.143. The Bertz CT molecular complexity index is 1160. The number of nitrogen functional groups attached to an aromatic ring is 3. The summed E-state index contributed by atoms with van der Waals surface area (Å²) >= 11 is 0. The first-order chi connectivity index (χ1) is 15.7. The second-order valence-electron chi connectivity index (χ2n) is 8.69. The van der Waals surface area contributed by atoms with Crippen molar-refractivity contribution in [3.05, 3.63) is 102 Å². The minimum absolute atomic E-state index is 0.194. The zero-order valence-electron chi connectivity index (χ0n) is 19.1. The van der Waals surface area contributed by atoms with Crippen molar-refractivity contribution in [1.82, 2.24) is 0 Å². The van der Waals surface area contributed by atoms with E-state index in [-0.39, 0.29) is 5.41 Å². The van der Waals surface area contributed by atoms with Crippen LogP contribution in [0.3, 0.4) is 0 Å². The lowest BCUT2D eigenvalue weighted by atomic mass is 9.78. The van der Waals surface area contributed by atoms with Crippen LogP contribution in [0.25, 0.3) is 0 Å². The minimum Gasteiger partial charge on any atom is -0.457 e. The molecule has 0 amide bonds. The summed E-state index contributed by atoms with van der Waals surface area (Å²) < 4.78 is 11.9. The third-order valence-corrected chi connectivity index (χ3v) is 5.92. The van der Waals surface area contributed by atoms with Crippen LogP contribution in [0.5, 0.6) is 23.0 Å². The van der Waals surface area contributed by atoms with Gasteiger partial charge in [0, 0.05) is 17.2 Å². The number of anilines is 3. The molecule has 0 saturated carbocycles. The second kappa shape index (κ2) is 8.79. The highest BCUT2D eigenvalue weighted by atomic mass is 16.5. The lowest BCUT2D eigenvalue weighted by molar-refractivity contribution is 0.481. The van der Waals surface area contributed by atoms with Gasteiger partial charge in [0.2, 0.25) is 0 Å². The van der Waals surface area contributed by atoms with Crippen LogP contribution in [0, 0.1) is 6.92 Å². The second-order valence-corrected chi connectivity index (χ2v) is 8.69. The third kappa shape index (κ3) is 4.88. The van der Waals surface area contributed by atoms with Crippen molar-refractivity contribution in [3.8, 4) is 23.0 Å². The molecule has 33 heavy (non-hydrogen) atoms. The van der Waals surface area contributed by atoms with Crippen molar-refractivity contribution in [2.75, 3.05) is 17.2 Å². The lowest BCUT2D eigenvalue weighted by Gasteiger charge is -2.26. The molecule has 6 N–H and O–H groups in total. The zero-order valence-corrected chi connectivity index (χ0v) is 19.1. The van der Waals surface area contributed by atoms with Gasteiger partial charge in [-0.05, 0) is 78.2 Å². The number of aryl methyl sites for hydroxylation is 1. The van der Waals surface area contributed by atoms with Gasteiger partial charge in [-0.2, -0.15) is 0 Å². The van der Waals surface area contributed by atoms with Gasteiger partial charge >= 0.3 is 0 Å². The van der Waals surface area contributed by atoms with Crippen LogP contribution in [0.2, 0.25) is 0 Å². The first-order valence-electron chi connectivity index (χ1n) is 10.8. The molecule has 0 spiro atoms. The van der Waals surface area contributed by atoms with E-state index in [1.165, 1.54) is 11.1 Å². The van der Waals surface area contributed by atoms with Crippen molar-refractivity contribution in [2.45, 2.75) is 26.2 Å². The average Bonchev–Trinajstić information content (AvgIpc) is 2.80. The standard InChI is InChI=1S/C28H29N3O2/c1-18-16-23(12-14-25(18)29)32-21-8-4-19(5-9-21)28(2,3)20-6-10-22(11-7-20)33-24-13-15-26(30)27(31)17-24/h4-17H,29-31H2,1-3H3. The van der Waals surface area contributed by atoms with Crippen LogP contribution in [0.4, 0.5) is 17.1 Å². The Morgan fingerprint density at radius 3 is 1.39 bits per heavy atom. The van der Waals surface area contributed by atoms with Gasteiger partial charge in [0.15, 0.2) is 0 Å². The first-order valence-corrected chi connectivity index (χ1v) is 10.8. The van der Waals surface area contributed by atoms with Gasteiger partial charge in [-0.1, -0.05) is 38.1 Å². The summed E-state index contributed by atoms with van der Waals surface area (Å²) in [5.74, 6) is 2.94. The van der Waals surface area contributed by atoms with Crippen molar-refractivity contribution in [2.24, 2.45) is 0 Å². The Hall–Kier alpha value is -4.12. The Morgan fingerprint density at radius 1 is 0.515 bits per heavy atom. The predicted octanol–water partition coefficient (Wildman–Crippen LogP) is 6.65. The van der Waals surface area contributed by atoms with Crippen molar-refractivity contribution >= 4 is 17.1 Å². The van der Waals surface area contributed by atoms with Crippen LogP contribution >= 0.6 is 0 Å². The molecule has 0 saturated heterocycles. The molecule has 0 fully saturated rings. The summed E-state index contributed by atoms with van der Waals surface area (Å²) in [5.41, 5.74) is 22.5. The summed E-state index contributed by atoms with van der Waals surface area (Å²) in [6, 6.07) is 27.2. The number of ether oxygens (including phenoxy) is 2. The van der Waals surface area contributed by atoms with Gasteiger partial charge in [0.05, 0.1) is 11.4 Å². The van der Waals surface area contributed by atoms with Crippen molar-refractivity contribution < 1.29 is 9.47 Å². The molecule has 4 aromatic rings. The highest BCUT2D eigenvalue weighted by molar-refractivity contribution is 5.65. The van der Waals surface area contributed by atoms with Crippen LogP contribution in [-0.4, -0.2) is 0 Å². The molecule has 5 heteroatoms. The van der Waals surface area contributed by atoms with E-state index >= 15 is 0 Å². The maximum Gasteiger partial charge on any atom is 0.129 e. The Balaban J connectivity index is 1.47. The topological polar surface area (TPSA) is 96.5 Å². The van der Waals surface area contributed by atoms with Crippen molar-refractivity contribution in [3.63, 3.8) is 0 Å². The number of rotatable bonds is 6. The van der Waals surface area contributed by atoms with Gasteiger partial charge in [0.1, 0.15) is 23.0 Å². The molecule has 0 heterocycles. The summed E-state index contributed by atoms with van der Waals surface area (Å²) in [5, 5.41) is 0. The maximum atomic E-state index is 5.99. The SMILES string of the molecule is Cc1cc(Oc2ccc(C(C)(C)c3ccc(Oc4ccc(N)c(N)c4)cc3)cc2)ccc1N. The number of hydrogen-bond acceptors (Lipinski definition) is 5. The molecule has 0 unspecified atom stereocenters. The Morgan fingerprint density at radius 2 is 0.939 bits per heavy atom. The van der Waals surface area contributed by atoms with E-state index in [1.54, 1.807) is 18.2 Å². The fourth-order valence-corrected chi connectivity index (χ4v) is 3.65. The van der Waals surface area contributed by atoms with Gasteiger partial charge in [-0.3, -0.25) is 0 Å². The molecular weight excluding hydrogens is 410 g/mol. The molecule has 0 aliphatic rings. The predicted molar refractivity (Wildman–Crippen MR) is 136 cm³/mol. The van der Waals surface area contributed by atoms with E-state index in [4.69, 9.17) is 26.7 Å². The van der Waals surface area contributed by atoms with Gasteiger partial charge in [-0.25, -0.2) is 0 Å². The molecule has 0 aliphatic carbocycles. The molecule has 0 bridgehead atoms. The molecule has 168 valence electrons. The molecule has 4 aromatic carbocycles. The van der Waals surface area contributed by atoms with E-state index < -0.39 is 0 Å². The normalized spacial score (nSPS) is 11.2. The number of benzene rings is 4. The number of hydrogen-bond donors (Lipinski definition) is 3.